The van der Waals surface area contributed by atoms with Crippen molar-refractivity contribution in [3.05, 3.63) is 82.7 Å². The number of nitrogens with one attached hydrogen (secondary N) is 1. The van der Waals surface area contributed by atoms with Gasteiger partial charge in [-0.1, -0.05) is 22.0 Å². The zero-order chi connectivity index (χ0) is 20.0. The fourth-order valence-electron chi connectivity index (χ4n) is 3.34. The predicted octanol–water partition coefficient (Wildman–Crippen LogP) is 4.65. The van der Waals surface area contributed by atoms with E-state index >= 15 is 0 Å². The molecule has 0 aliphatic heterocycles. The van der Waals surface area contributed by atoms with Gasteiger partial charge >= 0.3 is 0 Å². The van der Waals surface area contributed by atoms with E-state index in [1.165, 1.54) is 0 Å². The number of furan rings is 1. The van der Waals surface area contributed by atoms with E-state index in [0.717, 1.165) is 26.8 Å². The van der Waals surface area contributed by atoms with Crippen molar-refractivity contribution in [2.24, 2.45) is 0 Å². The molecule has 1 amide bonds. The molecule has 5 aromatic rings. The topological polar surface area (TPSA) is 77.4 Å². The molecule has 0 aliphatic carbocycles. The molecule has 0 radical (unpaired) electrons. The van der Waals surface area contributed by atoms with Gasteiger partial charge in [0.1, 0.15) is 11.2 Å². The fourth-order valence-corrected chi connectivity index (χ4v) is 3.70. The summed E-state index contributed by atoms with van der Waals surface area (Å²) in [5.74, 6) is -0.00620. The number of amides is 1. The van der Waals surface area contributed by atoms with Gasteiger partial charge in [-0.05, 0) is 37.3 Å². The maximum absolute atomic E-state index is 12.7. The largest absolute Gasteiger partial charge is 0.451 e. The van der Waals surface area contributed by atoms with Crippen molar-refractivity contribution < 1.29 is 9.21 Å². The average Bonchev–Trinajstić information content (AvgIpc) is 3.40. The first kappa shape index (κ1) is 17.7. The van der Waals surface area contributed by atoms with Gasteiger partial charge in [0.15, 0.2) is 5.76 Å². The predicted molar refractivity (Wildman–Crippen MR) is 113 cm³/mol. The second-order valence-corrected chi connectivity index (χ2v) is 7.69. The zero-order valence-corrected chi connectivity index (χ0v) is 17.0. The zero-order valence-electron chi connectivity index (χ0n) is 15.5. The Morgan fingerprint density at radius 3 is 3.00 bits per heavy atom. The van der Waals surface area contributed by atoms with Gasteiger partial charge in [-0.3, -0.25) is 9.48 Å². The molecule has 0 spiro atoms. The Balaban J connectivity index is 1.34. The number of carbonyl (C=O) groups is 1. The lowest BCUT2D eigenvalue weighted by Crippen LogP contribution is -2.11. The van der Waals surface area contributed by atoms with Crippen LogP contribution in [0.1, 0.15) is 21.8 Å². The average molecular weight is 450 g/mol. The van der Waals surface area contributed by atoms with E-state index in [4.69, 9.17) is 4.42 Å². The van der Waals surface area contributed by atoms with Gasteiger partial charge in [0.25, 0.3) is 5.91 Å². The molecule has 144 valence electrons. The molecule has 5 rings (SSSR count). The molecule has 8 heteroatoms. The molecule has 0 bridgehead atoms. The van der Waals surface area contributed by atoms with Crippen LogP contribution in [0.5, 0.6) is 0 Å². The van der Waals surface area contributed by atoms with E-state index in [1.807, 2.05) is 60.1 Å². The molecule has 7 nitrogen and oxygen atoms in total. The first-order valence-corrected chi connectivity index (χ1v) is 9.81. The van der Waals surface area contributed by atoms with E-state index in [2.05, 4.69) is 31.3 Å². The summed E-state index contributed by atoms with van der Waals surface area (Å²) in [6, 6.07) is 11.5. The summed E-state index contributed by atoms with van der Waals surface area (Å²) in [5, 5.41) is 8.08. The maximum Gasteiger partial charge on any atom is 0.291 e. The number of nitrogens with zero attached hydrogens (tertiary/aromatic N) is 4. The standard InChI is InChI=1S/C21H16BrN5O2/c1-13-17-8-14(22)5-6-18(17)29-20(13)21(28)25-15-9-23-27(11-15)12-16-10-26-7-3-2-4-19(26)24-16/h2-11H,12H2,1H3,(H,25,28). The smallest absolute Gasteiger partial charge is 0.291 e. The minimum absolute atomic E-state index is 0.297. The highest BCUT2D eigenvalue weighted by Gasteiger charge is 2.18. The summed E-state index contributed by atoms with van der Waals surface area (Å²) in [6.45, 7) is 2.38. The van der Waals surface area contributed by atoms with Crippen molar-refractivity contribution in [1.29, 1.82) is 0 Å². The first-order chi connectivity index (χ1) is 14.1. The molecule has 0 saturated carbocycles. The molecule has 1 N–H and O–H groups in total. The Bertz CT molecular complexity index is 1330. The van der Waals surface area contributed by atoms with Gasteiger partial charge in [-0.25, -0.2) is 4.98 Å². The summed E-state index contributed by atoms with van der Waals surface area (Å²) >= 11 is 3.45. The summed E-state index contributed by atoms with van der Waals surface area (Å²) in [7, 11) is 0. The minimum atomic E-state index is -0.304. The quantitative estimate of drug-likeness (QED) is 0.433. The number of hydrogen-bond donors (Lipinski definition) is 1. The Kier molecular flexibility index (Phi) is 4.21. The Hall–Kier alpha value is -3.39. The van der Waals surface area contributed by atoms with E-state index in [9.17, 15) is 4.79 Å². The van der Waals surface area contributed by atoms with Gasteiger partial charge in [0.2, 0.25) is 0 Å². The lowest BCUT2D eigenvalue weighted by atomic mass is 10.1. The van der Waals surface area contributed by atoms with Crippen LogP contribution in [0.3, 0.4) is 0 Å². The van der Waals surface area contributed by atoms with Crippen LogP contribution in [0.15, 0.2) is 70.1 Å². The second-order valence-electron chi connectivity index (χ2n) is 6.78. The summed E-state index contributed by atoms with van der Waals surface area (Å²) < 4.78 is 10.4. The van der Waals surface area contributed by atoms with E-state index in [0.29, 0.717) is 23.6 Å². The van der Waals surface area contributed by atoms with Crippen molar-refractivity contribution >= 4 is 44.1 Å². The van der Waals surface area contributed by atoms with Crippen molar-refractivity contribution in [1.82, 2.24) is 19.2 Å². The van der Waals surface area contributed by atoms with Gasteiger partial charge in [0, 0.05) is 34.0 Å². The summed E-state index contributed by atoms with van der Waals surface area (Å²) in [4.78, 5) is 17.3. The van der Waals surface area contributed by atoms with Gasteiger partial charge in [-0.15, -0.1) is 0 Å². The molecule has 0 fully saturated rings. The van der Waals surface area contributed by atoms with E-state index in [1.54, 1.807) is 17.1 Å². The molecule has 1 aromatic carbocycles. The third kappa shape index (κ3) is 3.31. The molecule has 29 heavy (non-hydrogen) atoms. The molecule has 0 unspecified atom stereocenters. The number of carbonyl (C=O) groups excluding carboxylic acids is 1. The number of benzene rings is 1. The SMILES string of the molecule is Cc1c(C(=O)Nc2cnn(Cc3cn4ccccc4n3)c2)oc2ccc(Br)cc12. The van der Waals surface area contributed by atoms with Crippen LogP contribution >= 0.6 is 15.9 Å². The van der Waals surface area contributed by atoms with Crippen LogP contribution in [-0.4, -0.2) is 25.1 Å². The number of halogens is 1. The Morgan fingerprint density at radius 2 is 2.14 bits per heavy atom. The third-order valence-electron chi connectivity index (χ3n) is 4.73. The number of anilines is 1. The molecule has 0 saturated heterocycles. The lowest BCUT2D eigenvalue weighted by molar-refractivity contribution is 0.0998. The highest BCUT2D eigenvalue weighted by Crippen LogP contribution is 2.28. The van der Waals surface area contributed by atoms with Crippen LogP contribution in [0.25, 0.3) is 16.6 Å². The van der Waals surface area contributed by atoms with Gasteiger partial charge in [-0.2, -0.15) is 5.10 Å². The van der Waals surface area contributed by atoms with Crippen molar-refractivity contribution in [2.45, 2.75) is 13.5 Å². The van der Waals surface area contributed by atoms with Crippen LogP contribution in [0.4, 0.5) is 5.69 Å². The third-order valence-corrected chi connectivity index (χ3v) is 5.23. The van der Waals surface area contributed by atoms with Gasteiger partial charge < -0.3 is 14.1 Å². The van der Waals surface area contributed by atoms with Crippen molar-refractivity contribution in [2.75, 3.05) is 5.32 Å². The molecule has 4 aromatic heterocycles. The molecule has 4 heterocycles. The number of aromatic nitrogens is 4. The Morgan fingerprint density at radius 1 is 1.24 bits per heavy atom. The number of hydrogen-bond acceptors (Lipinski definition) is 4. The van der Waals surface area contributed by atoms with E-state index < -0.39 is 0 Å². The van der Waals surface area contributed by atoms with E-state index in [-0.39, 0.29) is 5.91 Å². The van der Waals surface area contributed by atoms with Crippen molar-refractivity contribution in [3.63, 3.8) is 0 Å². The fraction of sp³-hybridized carbons (Fsp3) is 0.0952. The number of rotatable bonds is 4. The summed E-state index contributed by atoms with van der Waals surface area (Å²) in [6.07, 6.45) is 7.30. The lowest BCUT2D eigenvalue weighted by Gasteiger charge is -2.00. The second kappa shape index (κ2) is 6.89. The monoisotopic (exact) mass is 449 g/mol. The number of fused-ring (bicyclic) bond motifs is 2. The van der Waals surface area contributed by atoms with Crippen molar-refractivity contribution in [3.8, 4) is 0 Å². The van der Waals surface area contributed by atoms with Crippen LogP contribution < -0.4 is 5.32 Å². The van der Waals surface area contributed by atoms with Crippen LogP contribution in [0, 0.1) is 6.92 Å². The number of imidazole rings is 1. The normalized spacial score (nSPS) is 11.4. The molecule has 0 aliphatic rings. The minimum Gasteiger partial charge on any atom is -0.451 e. The van der Waals surface area contributed by atoms with Crippen LogP contribution in [-0.2, 0) is 6.54 Å². The highest BCUT2D eigenvalue weighted by molar-refractivity contribution is 9.10. The molecule has 0 atom stereocenters. The van der Waals surface area contributed by atoms with Crippen LogP contribution in [0.2, 0.25) is 0 Å². The summed E-state index contributed by atoms with van der Waals surface area (Å²) in [5.41, 5.74) is 3.85. The highest BCUT2D eigenvalue weighted by atomic mass is 79.9. The number of aryl methyl sites for hydroxylation is 1. The maximum atomic E-state index is 12.7. The van der Waals surface area contributed by atoms with Gasteiger partial charge in [0.05, 0.1) is 24.1 Å². The molecular formula is C21H16BrN5O2. The molecular weight excluding hydrogens is 434 g/mol. The Labute approximate surface area is 174 Å². The first-order valence-electron chi connectivity index (χ1n) is 9.02. The number of pyridine rings is 1.